The molecule has 3 amide bonds. The van der Waals surface area contributed by atoms with Gasteiger partial charge in [0, 0.05) is 32.8 Å². The molecule has 8 nitrogen and oxygen atoms in total. The van der Waals surface area contributed by atoms with Gasteiger partial charge in [-0.05, 0) is 62.6 Å². The number of likely N-dealkylation sites (tertiary alicyclic amines) is 1. The van der Waals surface area contributed by atoms with Crippen LogP contribution in [0.15, 0.2) is 73.8 Å². The second kappa shape index (κ2) is 14.1. The zero-order valence-electron chi connectivity index (χ0n) is 27.0. The molecule has 246 valence electrons. The van der Waals surface area contributed by atoms with E-state index in [2.05, 4.69) is 13.2 Å². The summed E-state index contributed by atoms with van der Waals surface area (Å²) in [5, 5.41) is 9.83. The fourth-order valence-electron chi connectivity index (χ4n) is 8.11. The van der Waals surface area contributed by atoms with E-state index >= 15 is 0 Å². The van der Waals surface area contributed by atoms with E-state index in [1.807, 2.05) is 56.3 Å². The fraction of sp³-hybridized carbons (Fsp3) is 0.486. The minimum Gasteiger partial charge on any atom is -0.396 e. The molecule has 0 radical (unpaired) electrons. The van der Waals surface area contributed by atoms with E-state index in [0.717, 1.165) is 11.1 Å². The molecule has 2 aromatic rings. The molecular formula is C37H46ClN3O5. The van der Waals surface area contributed by atoms with Crippen molar-refractivity contribution in [3.63, 3.8) is 0 Å². The van der Waals surface area contributed by atoms with Crippen molar-refractivity contribution in [2.75, 3.05) is 31.1 Å². The third-order valence-electron chi connectivity index (χ3n) is 10.2. The van der Waals surface area contributed by atoms with Gasteiger partial charge in [0.1, 0.15) is 11.6 Å². The molecule has 2 unspecified atom stereocenters. The first kappa shape index (κ1) is 33.9. The third-order valence-corrected chi connectivity index (χ3v) is 10.5. The molecule has 46 heavy (non-hydrogen) atoms. The smallest absolute Gasteiger partial charge is 0.253 e. The van der Waals surface area contributed by atoms with E-state index in [4.69, 9.17) is 16.3 Å². The molecule has 3 fully saturated rings. The monoisotopic (exact) mass is 647 g/mol. The molecule has 5 rings (SSSR count). The molecule has 2 bridgehead atoms. The number of fused-ring (bicyclic) bond motifs is 1. The topological polar surface area (TPSA) is 90.4 Å². The molecule has 2 aromatic carbocycles. The highest BCUT2D eigenvalue weighted by Crippen LogP contribution is 2.65. The fourth-order valence-corrected chi connectivity index (χ4v) is 8.43. The maximum atomic E-state index is 15.0. The number of aliphatic hydroxyl groups is 1. The predicted molar refractivity (Wildman–Crippen MR) is 180 cm³/mol. The van der Waals surface area contributed by atoms with Gasteiger partial charge in [-0.15, -0.1) is 13.2 Å². The molecular weight excluding hydrogens is 602 g/mol. The molecule has 1 spiro atoms. The quantitative estimate of drug-likeness (QED) is 0.198. The van der Waals surface area contributed by atoms with Crippen LogP contribution in [0.3, 0.4) is 0 Å². The van der Waals surface area contributed by atoms with Crippen molar-refractivity contribution >= 4 is 35.0 Å². The molecule has 1 N–H and O–H groups in total. The van der Waals surface area contributed by atoms with E-state index < -0.39 is 29.1 Å². The summed E-state index contributed by atoms with van der Waals surface area (Å²) in [6, 6.07) is 14.3. The summed E-state index contributed by atoms with van der Waals surface area (Å²) in [7, 11) is 0. The lowest BCUT2D eigenvalue weighted by Gasteiger charge is -2.37. The normalized spacial score (nSPS) is 26.2. The van der Waals surface area contributed by atoms with Crippen LogP contribution in [0.5, 0.6) is 0 Å². The third kappa shape index (κ3) is 5.80. The molecule has 3 heterocycles. The number of hydrogen-bond donors (Lipinski definition) is 1. The standard InChI is InChI=1S/C37H46ClN3O5/c1-5-21-39(25-27-16-10-8-11-17-27)33(43)29-30-34(44)41(23-12-9-13-24-42)32(37(30)20-19-36(29,7-3)46-37)35(45)40(22-6-2)31-26(4)15-14-18-28(31)38/h5-6,8,10-11,14-18,29-30,32,42H,1-2,7,9,12-13,19-25H2,3-4H3/t29-,30+,32?,36+,37?/m1/s1. The number of para-hydroxylation sites is 1. The largest absolute Gasteiger partial charge is 0.396 e. The van der Waals surface area contributed by atoms with Crippen molar-refractivity contribution in [3.05, 3.63) is 90.0 Å². The van der Waals surface area contributed by atoms with Gasteiger partial charge in [0.2, 0.25) is 11.8 Å². The Labute approximate surface area is 277 Å². The van der Waals surface area contributed by atoms with Crippen molar-refractivity contribution in [1.29, 1.82) is 0 Å². The Bertz CT molecular complexity index is 1450. The second-order valence-corrected chi connectivity index (χ2v) is 13.2. The average Bonchev–Trinajstić information content (AvgIpc) is 3.65. The van der Waals surface area contributed by atoms with E-state index in [1.54, 1.807) is 32.9 Å². The van der Waals surface area contributed by atoms with Gasteiger partial charge in [0.25, 0.3) is 5.91 Å². The number of nitrogens with zero attached hydrogens (tertiary/aromatic N) is 3. The number of rotatable bonds is 15. The second-order valence-electron chi connectivity index (χ2n) is 12.8. The average molecular weight is 648 g/mol. The van der Waals surface area contributed by atoms with Crippen molar-refractivity contribution in [3.8, 4) is 0 Å². The van der Waals surface area contributed by atoms with Gasteiger partial charge >= 0.3 is 0 Å². The summed E-state index contributed by atoms with van der Waals surface area (Å²) in [5.41, 5.74) is 0.355. The number of anilines is 1. The van der Waals surface area contributed by atoms with Crippen LogP contribution in [-0.2, 0) is 25.7 Å². The van der Waals surface area contributed by atoms with Crippen molar-refractivity contribution in [2.24, 2.45) is 11.8 Å². The number of ether oxygens (including phenoxy) is 1. The van der Waals surface area contributed by atoms with E-state index in [-0.39, 0.29) is 30.9 Å². The zero-order chi connectivity index (χ0) is 33.1. The number of carbonyl (C=O) groups is 3. The van der Waals surface area contributed by atoms with Gasteiger partial charge in [-0.25, -0.2) is 0 Å². The van der Waals surface area contributed by atoms with Crippen LogP contribution in [0, 0.1) is 18.8 Å². The van der Waals surface area contributed by atoms with Gasteiger partial charge < -0.3 is 24.5 Å². The first-order chi connectivity index (χ1) is 22.2. The van der Waals surface area contributed by atoms with Gasteiger partial charge in [0.05, 0.1) is 28.1 Å². The number of aliphatic hydroxyl groups excluding tert-OH is 1. The number of aryl methyl sites for hydroxylation is 1. The molecule has 3 aliphatic heterocycles. The first-order valence-electron chi connectivity index (χ1n) is 16.4. The van der Waals surface area contributed by atoms with Gasteiger partial charge in [-0.3, -0.25) is 14.4 Å². The Morgan fingerprint density at radius 3 is 2.43 bits per heavy atom. The Balaban J connectivity index is 1.59. The van der Waals surface area contributed by atoms with Crippen LogP contribution in [0.4, 0.5) is 5.69 Å². The maximum Gasteiger partial charge on any atom is 0.253 e. The molecule has 0 aliphatic carbocycles. The predicted octanol–water partition coefficient (Wildman–Crippen LogP) is 5.70. The zero-order valence-corrected chi connectivity index (χ0v) is 27.8. The van der Waals surface area contributed by atoms with Crippen molar-refractivity contribution < 1.29 is 24.2 Å². The lowest BCUT2D eigenvalue weighted by molar-refractivity contribution is -0.151. The number of carbonyl (C=O) groups excluding carboxylic acids is 3. The van der Waals surface area contributed by atoms with Crippen LogP contribution in [0.2, 0.25) is 5.02 Å². The van der Waals surface area contributed by atoms with Crippen LogP contribution < -0.4 is 4.90 Å². The molecule has 3 saturated heterocycles. The molecule has 3 aliphatic rings. The SMILES string of the molecule is C=CCN(Cc1ccccc1)C(=O)[C@H]1[C@H]2C(=O)N(CCCCCO)C(C(=O)N(CC=C)c3c(C)cccc3Cl)C23CC[C@]1(CC)O3. The summed E-state index contributed by atoms with van der Waals surface area (Å²) in [6.45, 7) is 13.0. The van der Waals surface area contributed by atoms with Gasteiger partial charge in [-0.1, -0.05) is 73.1 Å². The van der Waals surface area contributed by atoms with Crippen LogP contribution in [0.1, 0.15) is 56.6 Å². The Hall–Kier alpha value is -3.46. The number of hydrogen-bond acceptors (Lipinski definition) is 5. The lowest BCUT2D eigenvalue weighted by Crippen LogP contribution is -2.56. The molecule has 0 aromatic heterocycles. The van der Waals surface area contributed by atoms with E-state index in [9.17, 15) is 19.5 Å². The molecule has 9 heteroatoms. The van der Waals surface area contributed by atoms with E-state index in [0.29, 0.717) is 68.9 Å². The van der Waals surface area contributed by atoms with Crippen LogP contribution >= 0.6 is 11.6 Å². The number of unbranched alkanes of at least 4 members (excludes halogenated alkanes) is 2. The van der Waals surface area contributed by atoms with Crippen molar-refractivity contribution in [2.45, 2.75) is 76.2 Å². The van der Waals surface area contributed by atoms with Gasteiger partial charge in [-0.2, -0.15) is 0 Å². The minimum atomic E-state index is -1.16. The minimum absolute atomic E-state index is 0.0566. The number of benzene rings is 2. The lowest BCUT2D eigenvalue weighted by atomic mass is 9.64. The van der Waals surface area contributed by atoms with Crippen LogP contribution in [0.25, 0.3) is 0 Å². The Morgan fingerprint density at radius 2 is 1.78 bits per heavy atom. The summed E-state index contributed by atoms with van der Waals surface area (Å²) in [5.74, 6) is -2.20. The summed E-state index contributed by atoms with van der Waals surface area (Å²) in [6.07, 6.45) is 6.88. The Kier molecular flexibility index (Phi) is 10.4. The summed E-state index contributed by atoms with van der Waals surface area (Å²) < 4.78 is 7.04. The maximum absolute atomic E-state index is 15.0. The number of amides is 3. The van der Waals surface area contributed by atoms with E-state index in [1.165, 1.54) is 0 Å². The molecule has 0 saturated carbocycles. The Morgan fingerprint density at radius 1 is 1.04 bits per heavy atom. The highest BCUT2D eigenvalue weighted by Gasteiger charge is 2.79. The van der Waals surface area contributed by atoms with Crippen LogP contribution in [-0.4, -0.2) is 76.1 Å². The first-order valence-corrected chi connectivity index (χ1v) is 16.8. The molecule has 5 atom stereocenters. The van der Waals surface area contributed by atoms with Crippen molar-refractivity contribution in [1.82, 2.24) is 9.80 Å². The highest BCUT2D eigenvalue weighted by molar-refractivity contribution is 6.34. The summed E-state index contributed by atoms with van der Waals surface area (Å²) >= 11 is 6.70. The highest BCUT2D eigenvalue weighted by atomic mass is 35.5. The number of halogens is 1. The summed E-state index contributed by atoms with van der Waals surface area (Å²) in [4.78, 5) is 49.4. The van der Waals surface area contributed by atoms with Gasteiger partial charge in [0.15, 0.2) is 0 Å².